The Kier molecular flexibility index (Phi) is 3.81. The number of hydrogen-bond acceptors (Lipinski definition) is 5. The van der Waals surface area contributed by atoms with Crippen LogP contribution in [0.1, 0.15) is 5.56 Å². The third-order valence-corrected chi connectivity index (χ3v) is 4.26. The van der Waals surface area contributed by atoms with E-state index in [0.29, 0.717) is 16.9 Å². The van der Waals surface area contributed by atoms with Crippen molar-refractivity contribution >= 4 is 27.1 Å². The molecule has 110 valence electrons. The Balaban J connectivity index is 2.46. The lowest BCUT2D eigenvalue weighted by molar-refractivity contribution is -0.387. The molecule has 21 heavy (non-hydrogen) atoms. The molecule has 2 aromatic carbocycles. The molecule has 0 atom stereocenters. The quantitative estimate of drug-likeness (QED) is 0.511. The molecule has 0 unspecified atom stereocenters. The van der Waals surface area contributed by atoms with E-state index in [9.17, 15) is 18.5 Å². The van der Waals surface area contributed by atoms with E-state index in [4.69, 9.17) is 5.73 Å². The topological polar surface area (TPSA) is 115 Å². The second kappa shape index (κ2) is 5.41. The molecule has 0 fully saturated rings. The van der Waals surface area contributed by atoms with Crippen molar-refractivity contribution < 1.29 is 13.3 Å². The van der Waals surface area contributed by atoms with Crippen LogP contribution in [0.15, 0.2) is 47.4 Å². The number of anilines is 2. The van der Waals surface area contributed by atoms with E-state index in [-0.39, 0.29) is 4.90 Å². The van der Waals surface area contributed by atoms with Crippen molar-refractivity contribution in [2.45, 2.75) is 11.8 Å². The first-order chi connectivity index (χ1) is 9.81. The standard InChI is InChI=1S/C13H13N3O4S/c1-9-8-10(14)6-7-11(9)15-21(19,20)13-5-3-2-4-12(13)16(17)18/h2-8,15H,14H2,1H3. The van der Waals surface area contributed by atoms with Gasteiger partial charge in [0, 0.05) is 11.8 Å². The summed E-state index contributed by atoms with van der Waals surface area (Å²) in [5.41, 5.74) is 6.57. The highest BCUT2D eigenvalue weighted by atomic mass is 32.2. The van der Waals surface area contributed by atoms with Gasteiger partial charge < -0.3 is 5.73 Å². The van der Waals surface area contributed by atoms with Gasteiger partial charge in [0.05, 0.1) is 10.6 Å². The van der Waals surface area contributed by atoms with Crippen molar-refractivity contribution in [1.82, 2.24) is 0 Å². The highest BCUT2D eigenvalue weighted by Crippen LogP contribution is 2.27. The predicted octanol–water partition coefficient (Wildman–Crippen LogP) is 2.29. The van der Waals surface area contributed by atoms with Crippen molar-refractivity contribution in [2.75, 3.05) is 10.5 Å². The van der Waals surface area contributed by atoms with Crippen LogP contribution in [0.2, 0.25) is 0 Å². The van der Waals surface area contributed by atoms with Crippen LogP contribution in [0.4, 0.5) is 17.1 Å². The minimum atomic E-state index is -4.06. The Labute approximate surface area is 121 Å². The molecular formula is C13H13N3O4S. The van der Waals surface area contributed by atoms with Gasteiger partial charge in [0.25, 0.3) is 15.7 Å². The number of nitrogens with zero attached hydrogens (tertiary/aromatic N) is 1. The third kappa shape index (κ3) is 3.11. The maximum Gasteiger partial charge on any atom is 0.289 e. The summed E-state index contributed by atoms with van der Waals surface area (Å²) in [4.78, 5) is 9.81. The van der Waals surface area contributed by atoms with E-state index in [2.05, 4.69) is 4.72 Å². The molecule has 2 aromatic rings. The van der Waals surface area contributed by atoms with E-state index in [0.717, 1.165) is 6.07 Å². The summed E-state index contributed by atoms with van der Waals surface area (Å²) < 4.78 is 27.0. The average molecular weight is 307 g/mol. The number of nitrogen functional groups attached to an aromatic ring is 1. The molecule has 8 heteroatoms. The van der Waals surface area contributed by atoms with Gasteiger partial charge in [-0.2, -0.15) is 0 Å². The van der Waals surface area contributed by atoms with Crippen LogP contribution >= 0.6 is 0 Å². The van der Waals surface area contributed by atoms with Crippen molar-refractivity contribution in [1.29, 1.82) is 0 Å². The Bertz CT molecular complexity index is 803. The zero-order valence-electron chi connectivity index (χ0n) is 11.1. The van der Waals surface area contributed by atoms with Gasteiger partial charge in [-0.3, -0.25) is 14.8 Å². The summed E-state index contributed by atoms with van der Waals surface area (Å²) >= 11 is 0. The number of nitrogens with two attached hydrogens (primary N) is 1. The lowest BCUT2D eigenvalue weighted by atomic mass is 10.2. The molecule has 0 spiro atoms. The first kappa shape index (κ1) is 14.8. The molecule has 0 heterocycles. The highest BCUT2D eigenvalue weighted by Gasteiger charge is 2.25. The Hall–Kier alpha value is -2.61. The van der Waals surface area contributed by atoms with E-state index in [1.165, 1.54) is 24.3 Å². The summed E-state index contributed by atoms with van der Waals surface area (Å²) in [7, 11) is -4.06. The molecule has 7 nitrogen and oxygen atoms in total. The zero-order chi connectivity index (χ0) is 15.6. The van der Waals surface area contributed by atoms with E-state index in [1.807, 2.05) is 0 Å². The van der Waals surface area contributed by atoms with Crippen molar-refractivity contribution in [3.05, 3.63) is 58.1 Å². The number of sulfonamides is 1. The van der Waals surface area contributed by atoms with Crippen LogP contribution in [-0.2, 0) is 10.0 Å². The number of benzene rings is 2. The minimum Gasteiger partial charge on any atom is -0.399 e. The summed E-state index contributed by atoms with van der Waals surface area (Å²) in [6, 6.07) is 9.83. The van der Waals surface area contributed by atoms with Crippen LogP contribution in [-0.4, -0.2) is 13.3 Å². The fraction of sp³-hybridized carbons (Fsp3) is 0.0769. The zero-order valence-corrected chi connectivity index (χ0v) is 11.9. The van der Waals surface area contributed by atoms with Gasteiger partial charge >= 0.3 is 0 Å². The summed E-state index contributed by atoms with van der Waals surface area (Å²) in [5.74, 6) is 0. The van der Waals surface area contributed by atoms with Gasteiger partial charge in [0.1, 0.15) is 0 Å². The smallest absolute Gasteiger partial charge is 0.289 e. The molecule has 2 rings (SSSR count). The molecule has 0 radical (unpaired) electrons. The van der Waals surface area contributed by atoms with Crippen molar-refractivity contribution in [2.24, 2.45) is 0 Å². The normalized spacial score (nSPS) is 11.1. The van der Waals surface area contributed by atoms with Crippen LogP contribution in [0.3, 0.4) is 0 Å². The molecule has 0 aromatic heterocycles. The number of aryl methyl sites for hydroxylation is 1. The maximum absolute atomic E-state index is 12.3. The molecule has 0 saturated carbocycles. The number of hydrogen-bond donors (Lipinski definition) is 2. The molecule has 0 aliphatic heterocycles. The molecule has 0 aliphatic rings. The van der Waals surface area contributed by atoms with Crippen molar-refractivity contribution in [3.8, 4) is 0 Å². The molecule has 0 bridgehead atoms. The van der Waals surface area contributed by atoms with E-state index >= 15 is 0 Å². The lowest BCUT2D eigenvalue weighted by Crippen LogP contribution is -2.15. The molecular weight excluding hydrogens is 294 g/mol. The second-order valence-corrected chi connectivity index (χ2v) is 6.06. The molecule has 0 saturated heterocycles. The Morgan fingerprint density at radius 1 is 1.19 bits per heavy atom. The average Bonchev–Trinajstić information content (AvgIpc) is 2.42. The number of nitrogens with one attached hydrogen (secondary N) is 1. The molecule has 0 amide bonds. The largest absolute Gasteiger partial charge is 0.399 e. The summed E-state index contributed by atoms with van der Waals surface area (Å²) in [5, 5.41) is 10.9. The van der Waals surface area contributed by atoms with Gasteiger partial charge in [-0.05, 0) is 36.8 Å². The lowest BCUT2D eigenvalue weighted by Gasteiger charge is -2.11. The molecule has 0 aliphatic carbocycles. The van der Waals surface area contributed by atoms with Crippen LogP contribution in [0.5, 0.6) is 0 Å². The Morgan fingerprint density at radius 2 is 1.86 bits per heavy atom. The number of nitro benzene ring substituents is 1. The van der Waals surface area contributed by atoms with Crippen LogP contribution in [0.25, 0.3) is 0 Å². The van der Waals surface area contributed by atoms with Gasteiger partial charge in [0.15, 0.2) is 4.90 Å². The van der Waals surface area contributed by atoms with Crippen molar-refractivity contribution in [3.63, 3.8) is 0 Å². The van der Waals surface area contributed by atoms with Gasteiger partial charge in [-0.25, -0.2) is 8.42 Å². The number of rotatable bonds is 4. The van der Waals surface area contributed by atoms with Crippen LogP contribution in [0, 0.1) is 17.0 Å². The monoisotopic (exact) mass is 307 g/mol. The second-order valence-electron chi connectivity index (χ2n) is 4.40. The van der Waals surface area contributed by atoms with Gasteiger partial charge in [0.2, 0.25) is 0 Å². The predicted molar refractivity (Wildman–Crippen MR) is 79.5 cm³/mol. The summed E-state index contributed by atoms with van der Waals surface area (Å²) in [6.45, 7) is 1.69. The fourth-order valence-corrected chi connectivity index (χ4v) is 3.14. The third-order valence-electron chi connectivity index (χ3n) is 2.85. The van der Waals surface area contributed by atoms with E-state index < -0.39 is 20.6 Å². The summed E-state index contributed by atoms with van der Waals surface area (Å²) in [6.07, 6.45) is 0. The Morgan fingerprint density at radius 3 is 2.48 bits per heavy atom. The fourth-order valence-electron chi connectivity index (χ4n) is 1.84. The van der Waals surface area contributed by atoms with E-state index in [1.54, 1.807) is 19.1 Å². The number of para-hydroxylation sites is 1. The van der Waals surface area contributed by atoms with Gasteiger partial charge in [-0.15, -0.1) is 0 Å². The first-order valence-electron chi connectivity index (χ1n) is 5.93. The SMILES string of the molecule is Cc1cc(N)ccc1NS(=O)(=O)c1ccccc1[N+](=O)[O-]. The number of nitro groups is 1. The van der Waals surface area contributed by atoms with Crippen LogP contribution < -0.4 is 10.5 Å². The van der Waals surface area contributed by atoms with Gasteiger partial charge in [-0.1, -0.05) is 12.1 Å². The highest BCUT2D eigenvalue weighted by molar-refractivity contribution is 7.92. The molecule has 3 N–H and O–H groups in total. The first-order valence-corrected chi connectivity index (χ1v) is 7.42. The maximum atomic E-state index is 12.3. The minimum absolute atomic E-state index is 0.322.